The Labute approximate surface area is 571 Å². The maximum Gasteiger partial charge on any atom is 0.315 e. The third kappa shape index (κ3) is 19.9. The van der Waals surface area contributed by atoms with Crippen molar-refractivity contribution in [3.05, 3.63) is 139 Å². The number of hydrogen-bond acceptors (Lipinski definition) is 16. The van der Waals surface area contributed by atoms with Crippen molar-refractivity contribution in [2.45, 2.75) is 181 Å². The Morgan fingerprint density at radius 3 is 1.46 bits per heavy atom. The van der Waals surface area contributed by atoms with Crippen molar-refractivity contribution in [1.29, 1.82) is 0 Å². The van der Waals surface area contributed by atoms with Crippen LogP contribution in [0.15, 0.2) is 95.0 Å². The van der Waals surface area contributed by atoms with Gasteiger partial charge in [-0.3, -0.25) is 19.2 Å². The van der Waals surface area contributed by atoms with Gasteiger partial charge in [0.05, 0.1) is 53.1 Å². The summed E-state index contributed by atoms with van der Waals surface area (Å²) >= 11 is 26.2. The minimum atomic E-state index is -3.73. The van der Waals surface area contributed by atoms with E-state index in [9.17, 15) is 26.4 Å². The van der Waals surface area contributed by atoms with Gasteiger partial charge in [0, 0.05) is 89.1 Å². The summed E-state index contributed by atoms with van der Waals surface area (Å²) in [6, 6.07) is 20.1. The molecular formula is C65H87Cl4N15O8S2. The van der Waals surface area contributed by atoms with E-state index < -0.39 is 19.9 Å². The molecule has 29 heteroatoms. The standard InChI is InChI=1S/C65H87Cl4N15O8S2/c66-44-32-56-54(58(68)34-44)36-60(81-27-12-14-46(70)40-81)62(56)91-50-16-20-52(21-17-50)93(87,88)31-11-5-1-3-9-29-83-42-48(77-79-83)38-74-64(85)72-24-7-8-25-73-65(86)75-39-49-43-84(80-78-49)30-10-4-2-6-26-76-94(89,90)53-22-18-51(19-23-53)92-63-57-33-45(67)35-59(69)55(57)37-61(63)82-28-13-15-47(71)41-82/h16-23,32-35,42-43,46-47,60-63,76H,1-15,24-31,36-41,70-71H2,(H2,72,74,85)(H2,73,75,86)/t46-,47-,60+,61+,62+,63+/m1/s1. The van der Waals surface area contributed by atoms with Crippen molar-refractivity contribution >= 4 is 78.3 Å². The largest absolute Gasteiger partial charge is 0.484 e. The van der Waals surface area contributed by atoms with Crippen LogP contribution in [-0.2, 0) is 58.9 Å². The zero-order valence-electron chi connectivity index (χ0n) is 52.9. The first-order valence-electron chi connectivity index (χ1n) is 32.9. The molecule has 0 radical (unpaired) electrons. The fraction of sp³-hybridized carbons (Fsp3) is 0.538. The number of fused-ring (bicyclic) bond motifs is 2. The third-order valence-electron chi connectivity index (χ3n) is 17.9. The highest BCUT2D eigenvalue weighted by Crippen LogP contribution is 2.45. The number of likely N-dealkylation sites (tertiary alicyclic amines) is 2. The minimum Gasteiger partial charge on any atom is -0.484 e. The molecule has 4 amide bonds. The van der Waals surface area contributed by atoms with Gasteiger partial charge in [0.2, 0.25) is 10.0 Å². The molecule has 4 aliphatic rings. The summed E-state index contributed by atoms with van der Waals surface area (Å²) in [5.41, 5.74) is 17.9. The lowest BCUT2D eigenvalue weighted by molar-refractivity contribution is 0.0592. The first-order valence-corrected chi connectivity index (χ1v) is 37.5. The fourth-order valence-electron chi connectivity index (χ4n) is 13.0. The highest BCUT2D eigenvalue weighted by atomic mass is 35.5. The van der Waals surface area contributed by atoms with Crippen LogP contribution in [0.2, 0.25) is 20.1 Å². The summed E-state index contributed by atoms with van der Waals surface area (Å²) in [6.45, 7) is 6.23. The lowest BCUT2D eigenvalue weighted by atomic mass is 10.0. The lowest BCUT2D eigenvalue weighted by Gasteiger charge is -2.38. The van der Waals surface area contributed by atoms with Crippen molar-refractivity contribution < 1.29 is 35.9 Å². The zero-order valence-corrected chi connectivity index (χ0v) is 57.5. The van der Waals surface area contributed by atoms with Crippen LogP contribution >= 0.6 is 46.4 Å². The Morgan fingerprint density at radius 2 is 0.979 bits per heavy atom. The molecule has 2 aliphatic carbocycles. The number of halogens is 4. The summed E-state index contributed by atoms with van der Waals surface area (Å²) in [5, 5.41) is 30.3. The Kier molecular flexibility index (Phi) is 25.6. The van der Waals surface area contributed by atoms with Gasteiger partial charge in [-0.2, -0.15) is 0 Å². The molecule has 9 N–H and O–H groups in total. The van der Waals surface area contributed by atoms with Crippen LogP contribution in [0.4, 0.5) is 9.59 Å². The van der Waals surface area contributed by atoms with E-state index in [1.54, 1.807) is 82.4 Å². The van der Waals surface area contributed by atoms with Gasteiger partial charge in [-0.05, 0) is 174 Å². The van der Waals surface area contributed by atoms with Gasteiger partial charge >= 0.3 is 12.1 Å². The summed E-state index contributed by atoms with van der Waals surface area (Å²) < 4.78 is 72.4. The number of aromatic nitrogens is 6. The van der Waals surface area contributed by atoms with E-state index in [-0.39, 0.29) is 77.1 Å². The number of hydrogen-bond donors (Lipinski definition) is 7. The molecular weight excluding hydrogens is 1320 g/mol. The van der Waals surface area contributed by atoms with E-state index in [0.29, 0.717) is 108 Å². The van der Waals surface area contributed by atoms with Crippen LogP contribution in [-0.4, -0.2) is 144 Å². The van der Waals surface area contributed by atoms with Gasteiger partial charge in [-0.15, -0.1) is 10.2 Å². The number of nitrogens with two attached hydrogens (primary N) is 2. The average molecular weight is 1410 g/mol. The molecule has 2 aromatic heterocycles. The van der Waals surface area contributed by atoms with Gasteiger partial charge < -0.3 is 42.2 Å². The SMILES string of the molecule is N[C@@H]1CCCN([C@H]2Cc3c(Cl)cc(Cl)cc3[C@@H]2Oc2ccc(S(=O)(=O)CCCCCCCn3cc(CNC(=O)NCCCCNC(=O)NCc4cn(CCCCCCNS(=O)(=O)c5ccc(O[C@H]6c7cc(Cl)cc(Cl)c7C[C@@H]6N6CCC[C@@H](N)C6)cc5)nn4)nn3)cc2)C1. The first-order chi connectivity index (χ1) is 45.3. The third-order valence-corrected chi connectivity index (χ3v) is 22.3. The number of aryl methyl sites for hydroxylation is 2. The quantitative estimate of drug-likeness (QED) is 0.0189. The van der Waals surface area contributed by atoms with Crippen molar-refractivity contribution in [1.82, 2.24) is 65.8 Å². The second-order valence-corrected chi connectivity index (χ2v) is 30.6. The van der Waals surface area contributed by atoms with Crippen molar-refractivity contribution in [3.63, 3.8) is 0 Å². The molecule has 0 spiro atoms. The van der Waals surface area contributed by atoms with Crippen LogP contribution in [0.25, 0.3) is 0 Å². The molecule has 0 unspecified atom stereocenters. The van der Waals surface area contributed by atoms with Crippen LogP contribution in [0.5, 0.6) is 11.5 Å². The molecule has 10 rings (SSSR count). The molecule has 4 heterocycles. The van der Waals surface area contributed by atoms with E-state index in [1.807, 2.05) is 12.1 Å². The number of sulfone groups is 1. The molecule has 0 bridgehead atoms. The predicted octanol–water partition coefficient (Wildman–Crippen LogP) is 9.46. The summed E-state index contributed by atoms with van der Waals surface area (Å²) in [5.74, 6) is 1.18. The molecule has 6 aromatic rings. The molecule has 4 aromatic carbocycles. The Bertz CT molecular complexity index is 3480. The van der Waals surface area contributed by atoms with E-state index in [2.05, 4.69) is 56.4 Å². The first kappa shape index (κ1) is 70.9. The Hall–Kier alpha value is -5.84. The zero-order chi connectivity index (χ0) is 66.2. The number of sulfonamides is 1. The van der Waals surface area contributed by atoms with Crippen LogP contribution < -0.4 is 46.9 Å². The van der Waals surface area contributed by atoms with Crippen LogP contribution in [0.3, 0.4) is 0 Å². The van der Waals surface area contributed by atoms with Gasteiger partial charge in [-0.1, -0.05) is 88.9 Å². The Balaban J connectivity index is 0.520. The molecule has 2 aliphatic heterocycles. The second-order valence-electron chi connectivity index (χ2n) is 25.0. The van der Waals surface area contributed by atoms with E-state index >= 15 is 0 Å². The number of carbonyl (C=O) groups excluding carboxylic acids is 2. The summed E-state index contributed by atoms with van der Waals surface area (Å²) in [6.07, 6.45) is 16.8. The van der Waals surface area contributed by atoms with Crippen molar-refractivity contribution in [3.8, 4) is 11.5 Å². The number of urea groups is 2. The number of ether oxygens (including phenoxy) is 2. The molecule has 2 saturated heterocycles. The summed E-state index contributed by atoms with van der Waals surface area (Å²) in [7, 11) is -7.22. The predicted molar refractivity (Wildman–Crippen MR) is 364 cm³/mol. The Morgan fingerprint density at radius 1 is 0.543 bits per heavy atom. The van der Waals surface area contributed by atoms with Gasteiger partial charge in [0.25, 0.3) is 0 Å². The molecule has 510 valence electrons. The second kappa shape index (κ2) is 33.9. The van der Waals surface area contributed by atoms with Gasteiger partial charge in [0.15, 0.2) is 9.84 Å². The van der Waals surface area contributed by atoms with Crippen molar-refractivity contribution in [2.24, 2.45) is 11.5 Å². The molecule has 94 heavy (non-hydrogen) atoms. The number of unbranched alkanes of at least 4 members (excludes halogenated alkanes) is 8. The normalized spacial score (nSPS) is 20.0. The molecule has 0 saturated carbocycles. The number of benzene rings is 4. The monoisotopic (exact) mass is 1410 g/mol. The number of rotatable bonds is 33. The highest BCUT2D eigenvalue weighted by molar-refractivity contribution is 7.91. The number of nitrogens with one attached hydrogen (secondary N) is 5. The van der Waals surface area contributed by atoms with Crippen molar-refractivity contribution in [2.75, 3.05) is 51.6 Å². The maximum absolute atomic E-state index is 13.3. The van der Waals surface area contributed by atoms with E-state index in [1.165, 1.54) is 0 Å². The molecule has 6 atom stereocenters. The number of nitrogens with zero attached hydrogens (tertiary/aromatic N) is 8. The van der Waals surface area contributed by atoms with Gasteiger partial charge in [0.1, 0.15) is 35.1 Å². The minimum absolute atomic E-state index is 0.0201. The number of amides is 4. The fourth-order valence-corrected chi connectivity index (χ4v) is 16.6. The van der Waals surface area contributed by atoms with E-state index in [0.717, 1.165) is 125 Å². The smallest absolute Gasteiger partial charge is 0.315 e. The van der Waals surface area contributed by atoms with E-state index in [4.69, 9.17) is 67.3 Å². The lowest BCUT2D eigenvalue weighted by Crippen LogP contribution is -2.49. The molecule has 23 nitrogen and oxygen atoms in total. The molecule has 2 fully saturated rings. The maximum atomic E-state index is 13.3. The van der Waals surface area contributed by atoms with Crippen LogP contribution in [0.1, 0.15) is 142 Å². The topological polar surface area (TPSA) is 301 Å². The number of carbonyl (C=O) groups is 2. The van der Waals surface area contributed by atoms with Crippen LogP contribution in [0, 0.1) is 0 Å². The summed E-state index contributed by atoms with van der Waals surface area (Å²) in [4.78, 5) is 30.1. The number of piperidine rings is 2. The highest BCUT2D eigenvalue weighted by Gasteiger charge is 2.42. The van der Waals surface area contributed by atoms with Gasteiger partial charge in [-0.25, -0.2) is 31.1 Å². The average Bonchev–Trinajstić information content (AvgIpc) is 1.62.